The number of epoxide rings is 1. The number of hydrogen-bond acceptors (Lipinski definition) is 2. The molecule has 2 rings (SSSR count). The lowest BCUT2D eigenvalue weighted by Crippen LogP contribution is -2.33. The van der Waals surface area contributed by atoms with Crippen LogP contribution < -0.4 is 0 Å². The van der Waals surface area contributed by atoms with Gasteiger partial charge in [0.05, 0.1) is 11.7 Å². The SMILES string of the molecule is CC.CC.CC(C)CCCCCCCC(=O)C1CC2OC2(C)CC1C. The van der Waals surface area contributed by atoms with Crippen molar-refractivity contribution in [2.45, 2.75) is 125 Å². The van der Waals surface area contributed by atoms with E-state index in [2.05, 4.69) is 27.7 Å². The minimum absolute atomic E-state index is 0.118. The first-order valence-corrected chi connectivity index (χ1v) is 11.1. The molecule has 1 aliphatic carbocycles. The minimum Gasteiger partial charge on any atom is -0.366 e. The number of unbranched alkanes of at least 4 members (excludes halogenated alkanes) is 4. The highest BCUT2D eigenvalue weighted by Crippen LogP contribution is 2.51. The molecule has 1 heterocycles. The lowest BCUT2D eigenvalue weighted by molar-refractivity contribution is -0.125. The maximum atomic E-state index is 12.4. The van der Waals surface area contributed by atoms with Gasteiger partial charge in [0.15, 0.2) is 0 Å². The molecule has 1 aliphatic heterocycles. The van der Waals surface area contributed by atoms with Crippen molar-refractivity contribution >= 4 is 5.78 Å². The number of fused-ring (bicyclic) bond motifs is 1. The lowest BCUT2D eigenvalue weighted by atomic mass is 9.73. The number of carbonyl (C=O) groups excluding carboxylic acids is 1. The van der Waals surface area contributed by atoms with Crippen LogP contribution in [0.5, 0.6) is 0 Å². The molecule has 4 unspecified atom stereocenters. The summed E-state index contributed by atoms with van der Waals surface area (Å²) in [5.41, 5.74) is 0.118. The van der Waals surface area contributed by atoms with E-state index in [1.165, 1.54) is 32.1 Å². The molecule has 4 atom stereocenters. The van der Waals surface area contributed by atoms with E-state index in [9.17, 15) is 4.79 Å². The third kappa shape index (κ3) is 8.71. The third-order valence-corrected chi connectivity index (χ3v) is 5.54. The largest absolute Gasteiger partial charge is 0.366 e. The second kappa shape index (κ2) is 12.9. The number of carbonyl (C=O) groups is 1. The van der Waals surface area contributed by atoms with Crippen LogP contribution >= 0.6 is 0 Å². The van der Waals surface area contributed by atoms with Gasteiger partial charge in [-0.2, -0.15) is 0 Å². The predicted octanol–water partition coefficient (Wildman–Crippen LogP) is 7.20. The molecule has 2 aliphatic rings. The maximum absolute atomic E-state index is 12.4. The molecule has 0 radical (unpaired) electrons. The molecule has 0 aromatic rings. The zero-order chi connectivity index (χ0) is 19.5. The zero-order valence-electron chi connectivity index (χ0n) is 18.5. The molecule has 0 aromatic heterocycles. The second-order valence-corrected chi connectivity index (χ2v) is 8.11. The van der Waals surface area contributed by atoms with Crippen molar-refractivity contribution in [3.63, 3.8) is 0 Å². The van der Waals surface area contributed by atoms with Gasteiger partial charge in [0.2, 0.25) is 0 Å². The zero-order valence-corrected chi connectivity index (χ0v) is 18.5. The maximum Gasteiger partial charge on any atom is 0.136 e. The Labute approximate surface area is 158 Å². The van der Waals surface area contributed by atoms with Gasteiger partial charge in [-0.05, 0) is 38.0 Å². The fourth-order valence-corrected chi connectivity index (χ4v) is 4.03. The summed E-state index contributed by atoms with van der Waals surface area (Å²) in [4.78, 5) is 12.4. The number of hydrogen-bond donors (Lipinski definition) is 0. The highest BCUT2D eigenvalue weighted by molar-refractivity contribution is 5.81. The summed E-state index contributed by atoms with van der Waals surface area (Å²) >= 11 is 0. The topological polar surface area (TPSA) is 29.6 Å². The predicted molar refractivity (Wildman–Crippen MR) is 110 cm³/mol. The monoisotopic (exact) mass is 354 g/mol. The van der Waals surface area contributed by atoms with Gasteiger partial charge in [-0.3, -0.25) is 4.79 Å². The van der Waals surface area contributed by atoms with Crippen molar-refractivity contribution in [2.75, 3.05) is 0 Å². The Kier molecular flexibility index (Phi) is 12.7. The number of ether oxygens (including phenoxy) is 1. The highest BCUT2D eigenvalue weighted by Gasteiger charge is 2.58. The molecule has 0 N–H and O–H groups in total. The van der Waals surface area contributed by atoms with Gasteiger partial charge in [0.25, 0.3) is 0 Å². The van der Waals surface area contributed by atoms with Crippen LogP contribution in [0, 0.1) is 17.8 Å². The van der Waals surface area contributed by atoms with Crippen LogP contribution in [0.4, 0.5) is 0 Å². The standard InChI is InChI=1S/C19H34O2.2C2H6/c1-14(2)10-8-6-5-7-9-11-17(20)16-12-18-19(4,21-18)13-15(16)3;2*1-2/h14-16,18H,5-13H2,1-4H3;2*1-2H3. The molecule has 2 fully saturated rings. The number of Topliss-reactive ketones (excluding diaryl/α,β-unsaturated/α-hetero) is 1. The van der Waals surface area contributed by atoms with Crippen molar-refractivity contribution in [3.05, 3.63) is 0 Å². The van der Waals surface area contributed by atoms with E-state index in [-0.39, 0.29) is 11.5 Å². The van der Waals surface area contributed by atoms with Crippen LogP contribution in [-0.4, -0.2) is 17.5 Å². The van der Waals surface area contributed by atoms with E-state index < -0.39 is 0 Å². The molecule has 1 saturated carbocycles. The van der Waals surface area contributed by atoms with Crippen LogP contribution in [0.2, 0.25) is 0 Å². The third-order valence-electron chi connectivity index (χ3n) is 5.54. The molecule has 2 nitrogen and oxygen atoms in total. The molecule has 0 amide bonds. The second-order valence-electron chi connectivity index (χ2n) is 8.11. The van der Waals surface area contributed by atoms with Gasteiger partial charge >= 0.3 is 0 Å². The summed E-state index contributed by atoms with van der Waals surface area (Å²) in [5, 5.41) is 0. The first-order chi connectivity index (χ1) is 11.9. The molecule has 1 saturated heterocycles. The highest BCUT2D eigenvalue weighted by atomic mass is 16.6. The molecule has 150 valence electrons. The van der Waals surface area contributed by atoms with Gasteiger partial charge in [-0.25, -0.2) is 0 Å². The van der Waals surface area contributed by atoms with Crippen molar-refractivity contribution in [1.82, 2.24) is 0 Å². The van der Waals surface area contributed by atoms with E-state index in [0.29, 0.717) is 17.8 Å². The van der Waals surface area contributed by atoms with Crippen LogP contribution in [0.3, 0.4) is 0 Å². The van der Waals surface area contributed by atoms with E-state index in [1.54, 1.807) is 0 Å². The van der Waals surface area contributed by atoms with E-state index in [0.717, 1.165) is 31.6 Å². The molecule has 25 heavy (non-hydrogen) atoms. The molecular formula is C23H46O2. The minimum atomic E-state index is 0.118. The Morgan fingerprint density at radius 3 is 2.20 bits per heavy atom. The Morgan fingerprint density at radius 2 is 1.60 bits per heavy atom. The average molecular weight is 355 g/mol. The van der Waals surface area contributed by atoms with Gasteiger partial charge < -0.3 is 4.74 Å². The Balaban J connectivity index is 0.00000134. The molecule has 0 aromatic carbocycles. The number of rotatable bonds is 9. The first-order valence-electron chi connectivity index (χ1n) is 11.1. The van der Waals surface area contributed by atoms with Crippen molar-refractivity contribution in [2.24, 2.45) is 17.8 Å². The fourth-order valence-electron chi connectivity index (χ4n) is 4.03. The summed E-state index contributed by atoms with van der Waals surface area (Å²) in [6.45, 7) is 17.0. The van der Waals surface area contributed by atoms with Crippen molar-refractivity contribution in [3.8, 4) is 0 Å². The molecular weight excluding hydrogens is 308 g/mol. The number of ketones is 1. The Bertz CT molecular complexity index is 350. The van der Waals surface area contributed by atoms with Gasteiger partial charge in [0.1, 0.15) is 5.78 Å². The summed E-state index contributed by atoms with van der Waals surface area (Å²) in [6, 6.07) is 0. The van der Waals surface area contributed by atoms with E-state index >= 15 is 0 Å². The van der Waals surface area contributed by atoms with Crippen LogP contribution in [0.25, 0.3) is 0 Å². The van der Waals surface area contributed by atoms with Crippen LogP contribution in [-0.2, 0) is 9.53 Å². The van der Waals surface area contributed by atoms with E-state index in [1.807, 2.05) is 27.7 Å². The van der Waals surface area contributed by atoms with Gasteiger partial charge in [0, 0.05) is 12.3 Å². The smallest absolute Gasteiger partial charge is 0.136 e. The van der Waals surface area contributed by atoms with Gasteiger partial charge in [-0.1, -0.05) is 80.6 Å². The van der Waals surface area contributed by atoms with Crippen molar-refractivity contribution in [1.29, 1.82) is 0 Å². The normalized spacial score (nSPS) is 29.7. The Morgan fingerprint density at radius 1 is 1.04 bits per heavy atom. The summed E-state index contributed by atoms with van der Waals surface area (Å²) < 4.78 is 5.75. The average Bonchev–Trinajstić information content (AvgIpc) is 3.26. The molecule has 0 bridgehead atoms. The van der Waals surface area contributed by atoms with Crippen molar-refractivity contribution < 1.29 is 9.53 Å². The molecule has 2 heteroatoms. The van der Waals surface area contributed by atoms with E-state index in [4.69, 9.17) is 4.74 Å². The first kappa shape index (κ1) is 24.6. The Hall–Kier alpha value is -0.370. The quantitative estimate of drug-likeness (QED) is 0.323. The van der Waals surface area contributed by atoms with Crippen LogP contribution in [0.1, 0.15) is 113 Å². The summed E-state index contributed by atoms with van der Waals surface area (Å²) in [7, 11) is 0. The summed E-state index contributed by atoms with van der Waals surface area (Å²) in [6.07, 6.45) is 10.9. The van der Waals surface area contributed by atoms with Gasteiger partial charge in [-0.15, -0.1) is 0 Å². The fraction of sp³-hybridized carbons (Fsp3) is 0.957. The van der Waals surface area contributed by atoms with Crippen LogP contribution in [0.15, 0.2) is 0 Å². The lowest BCUT2D eigenvalue weighted by Gasteiger charge is -2.28. The summed E-state index contributed by atoms with van der Waals surface area (Å²) in [5.74, 6) is 2.11. The molecule has 0 spiro atoms.